The highest BCUT2D eigenvalue weighted by Crippen LogP contribution is 2.42. The Balaban J connectivity index is 1.81. The molecule has 0 saturated carbocycles. The summed E-state index contributed by atoms with van der Waals surface area (Å²) < 4.78 is 10.8. The monoisotopic (exact) mass is 445 g/mol. The van der Waals surface area contributed by atoms with Crippen LogP contribution in [0.2, 0.25) is 0 Å². The third kappa shape index (κ3) is 4.39. The number of carbonyl (C=O) groups is 3. The summed E-state index contributed by atoms with van der Waals surface area (Å²) in [4.78, 5) is 41.1. The number of ketones is 2. The summed E-state index contributed by atoms with van der Waals surface area (Å²) in [6.07, 6.45) is 1.83. The summed E-state index contributed by atoms with van der Waals surface area (Å²) in [6, 6.07) is 17.7. The number of nitrogens with zero attached hydrogens (tertiary/aromatic N) is 1. The molecule has 6 nitrogen and oxygen atoms in total. The standard InChI is InChI=1S/C27H27NO5/c1-17(2)15-22(29)24-25(21-8-5-4-7-19(21)16-32-3)28(27(31)26(24)30)20-12-10-18(11-13-20)23-9-6-14-33-23/h4-14,17,24-25H,15-16H2,1-3H3. The molecule has 1 saturated heterocycles. The number of rotatable bonds is 8. The van der Waals surface area contributed by atoms with Gasteiger partial charge in [-0.25, -0.2) is 0 Å². The van der Waals surface area contributed by atoms with Crippen molar-refractivity contribution in [1.82, 2.24) is 0 Å². The predicted octanol–water partition coefficient (Wildman–Crippen LogP) is 4.98. The first kappa shape index (κ1) is 22.7. The second-order valence-electron chi connectivity index (χ2n) is 8.68. The lowest BCUT2D eigenvalue weighted by Crippen LogP contribution is -2.31. The molecule has 2 heterocycles. The van der Waals surface area contributed by atoms with Crippen LogP contribution in [0.15, 0.2) is 71.3 Å². The van der Waals surface area contributed by atoms with Gasteiger partial charge in [0.2, 0.25) is 5.78 Å². The number of amides is 1. The van der Waals surface area contributed by atoms with E-state index >= 15 is 0 Å². The Kier molecular flexibility index (Phi) is 6.56. The number of carbonyl (C=O) groups excluding carboxylic acids is 3. The van der Waals surface area contributed by atoms with E-state index in [2.05, 4.69) is 0 Å². The van der Waals surface area contributed by atoms with E-state index in [4.69, 9.17) is 9.15 Å². The van der Waals surface area contributed by atoms with Gasteiger partial charge in [-0.15, -0.1) is 0 Å². The van der Waals surface area contributed by atoms with E-state index in [9.17, 15) is 14.4 Å². The van der Waals surface area contributed by atoms with Crippen molar-refractivity contribution in [3.63, 3.8) is 0 Å². The van der Waals surface area contributed by atoms with E-state index in [1.807, 2.05) is 56.3 Å². The van der Waals surface area contributed by atoms with Crippen LogP contribution in [0.25, 0.3) is 11.3 Å². The highest BCUT2D eigenvalue weighted by molar-refractivity contribution is 6.48. The highest BCUT2D eigenvalue weighted by Gasteiger charge is 2.52. The van der Waals surface area contributed by atoms with Crippen molar-refractivity contribution in [2.75, 3.05) is 12.0 Å². The van der Waals surface area contributed by atoms with Crippen molar-refractivity contribution in [3.8, 4) is 11.3 Å². The fourth-order valence-corrected chi connectivity index (χ4v) is 4.46. The molecule has 1 aliphatic rings. The topological polar surface area (TPSA) is 76.8 Å². The zero-order valence-electron chi connectivity index (χ0n) is 19.0. The summed E-state index contributed by atoms with van der Waals surface area (Å²) in [5, 5.41) is 0. The fourth-order valence-electron chi connectivity index (χ4n) is 4.46. The molecule has 0 aliphatic carbocycles. The SMILES string of the molecule is COCc1ccccc1C1C(C(=O)CC(C)C)C(=O)C(=O)N1c1ccc(-c2ccco2)cc1. The van der Waals surface area contributed by atoms with Gasteiger partial charge in [0, 0.05) is 24.8 Å². The molecule has 1 aliphatic heterocycles. The molecule has 1 fully saturated rings. The van der Waals surface area contributed by atoms with Crippen LogP contribution in [0, 0.1) is 11.8 Å². The quantitative estimate of drug-likeness (QED) is 0.361. The summed E-state index contributed by atoms with van der Waals surface area (Å²) in [7, 11) is 1.59. The summed E-state index contributed by atoms with van der Waals surface area (Å²) in [5.74, 6) is -1.81. The molecule has 2 atom stereocenters. The Morgan fingerprint density at radius 1 is 1.03 bits per heavy atom. The number of methoxy groups -OCH3 is 1. The predicted molar refractivity (Wildman–Crippen MR) is 124 cm³/mol. The Labute approximate surface area is 193 Å². The van der Waals surface area contributed by atoms with Crippen molar-refractivity contribution in [3.05, 3.63) is 78.1 Å². The highest BCUT2D eigenvalue weighted by atomic mass is 16.5. The average Bonchev–Trinajstić information content (AvgIpc) is 3.42. The van der Waals surface area contributed by atoms with Gasteiger partial charge >= 0.3 is 0 Å². The Bertz CT molecular complexity index is 1150. The van der Waals surface area contributed by atoms with Crippen molar-refractivity contribution < 1.29 is 23.5 Å². The third-order valence-corrected chi connectivity index (χ3v) is 5.89. The first-order valence-electron chi connectivity index (χ1n) is 11.0. The number of benzene rings is 2. The molecule has 170 valence electrons. The van der Waals surface area contributed by atoms with Crippen LogP contribution in [0.3, 0.4) is 0 Å². The smallest absolute Gasteiger partial charge is 0.295 e. The van der Waals surface area contributed by atoms with Crippen LogP contribution in [-0.2, 0) is 25.7 Å². The molecule has 0 bridgehead atoms. The fraction of sp³-hybridized carbons (Fsp3) is 0.296. The molecular weight excluding hydrogens is 418 g/mol. The maximum absolute atomic E-state index is 13.2. The minimum atomic E-state index is -1.05. The van der Waals surface area contributed by atoms with Gasteiger partial charge in [-0.1, -0.05) is 38.1 Å². The molecule has 2 unspecified atom stereocenters. The van der Waals surface area contributed by atoms with Gasteiger partial charge in [0.1, 0.15) is 17.5 Å². The van der Waals surface area contributed by atoms with Crippen molar-refractivity contribution in [2.45, 2.75) is 32.9 Å². The van der Waals surface area contributed by atoms with Crippen LogP contribution in [-0.4, -0.2) is 24.6 Å². The maximum atomic E-state index is 13.2. The number of hydrogen-bond donors (Lipinski definition) is 0. The van der Waals surface area contributed by atoms with E-state index in [-0.39, 0.29) is 18.1 Å². The molecule has 4 rings (SSSR count). The Hall–Kier alpha value is -3.51. The van der Waals surface area contributed by atoms with Crippen LogP contribution in [0.1, 0.15) is 37.4 Å². The Morgan fingerprint density at radius 3 is 2.39 bits per heavy atom. The number of hydrogen-bond acceptors (Lipinski definition) is 5. The second-order valence-corrected chi connectivity index (χ2v) is 8.68. The van der Waals surface area contributed by atoms with E-state index in [0.29, 0.717) is 18.1 Å². The van der Waals surface area contributed by atoms with Gasteiger partial charge in [0.25, 0.3) is 5.91 Å². The second kappa shape index (κ2) is 9.55. The van der Waals surface area contributed by atoms with Gasteiger partial charge in [0.15, 0.2) is 0 Å². The first-order valence-corrected chi connectivity index (χ1v) is 11.0. The third-order valence-electron chi connectivity index (χ3n) is 5.89. The van der Waals surface area contributed by atoms with E-state index in [0.717, 1.165) is 16.7 Å². The van der Waals surface area contributed by atoms with Crippen LogP contribution in [0.5, 0.6) is 0 Å². The zero-order chi connectivity index (χ0) is 23.5. The molecule has 1 aromatic heterocycles. The minimum Gasteiger partial charge on any atom is -0.464 e. The van der Waals surface area contributed by atoms with Crippen molar-refractivity contribution in [1.29, 1.82) is 0 Å². The molecule has 0 radical (unpaired) electrons. The number of furan rings is 1. The molecule has 1 amide bonds. The van der Waals surface area contributed by atoms with Gasteiger partial charge in [-0.2, -0.15) is 0 Å². The lowest BCUT2D eigenvalue weighted by molar-refractivity contribution is -0.139. The molecule has 0 spiro atoms. The van der Waals surface area contributed by atoms with Crippen LogP contribution in [0.4, 0.5) is 5.69 Å². The molecule has 33 heavy (non-hydrogen) atoms. The van der Waals surface area contributed by atoms with E-state index in [1.165, 1.54) is 4.90 Å². The first-order chi connectivity index (χ1) is 15.9. The minimum absolute atomic E-state index is 0.0805. The summed E-state index contributed by atoms with van der Waals surface area (Å²) in [5.41, 5.74) is 2.99. The zero-order valence-corrected chi connectivity index (χ0v) is 19.0. The number of Topliss-reactive ketones (excluding diaryl/α,β-unsaturated/α-hetero) is 2. The number of anilines is 1. The molecule has 0 N–H and O–H groups in total. The van der Waals surface area contributed by atoms with Crippen molar-refractivity contribution in [2.24, 2.45) is 11.8 Å². The van der Waals surface area contributed by atoms with Crippen LogP contribution < -0.4 is 4.90 Å². The lowest BCUT2D eigenvalue weighted by Gasteiger charge is -2.29. The van der Waals surface area contributed by atoms with Gasteiger partial charge < -0.3 is 9.15 Å². The Morgan fingerprint density at radius 2 is 1.76 bits per heavy atom. The van der Waals surface area contributed by atoms with E-state index in [1.54, 1.807) is 31.6 Å². The normalized spacial score (nSPS) is 18.4. The van der Waals surface area contributed by atoms with Gasteiger partial charge in [-0.05, 0) is 53.4 Å². The molecular formula is C27H27NO5. The molecule has 6 heteroatoms. The number of ether oxygens (including phenoxy) is 1. The van der Waals surface area contributed by atoms with Crippen LogP contribution >= 0.6 is 0 Å². The summed E-state index contributed by atoms with van der Waals surface area (Å²) >= 11 is 0. The van der Waals surface area contributed by atoms with Gasteiger partial charge in [-0.3, -0.25) is 19.3 Å². The molecule has 3 aromatic rings. The average molecular weight is 446 g/mol. The molecule has 2 aromatic carbocycles. The lowest BCUT2D eigenvalue weighted by atomic mass is 9.84. The van der Waals surface area contributed by atoms with E-state index < -0.39 is 23.7 Å². The van der Waals surface area contributed by atoms with Crippen molar-refractivity contribution >= 4 is 23.2 Å². The van der Waals surface area contributed by atoms with Gasteiger partial charge in [0.05, 0.1) is 18.9 Å². The summed E-state index contributed by atoms with van der Waals surface area (Å²) in [6.45, 7) is 4.17. The largest absolute Gasteiger partial charge is 0.464 e. The maximum Gasteiger partial charge on any atom is 0.295 e.